The Hall–Kier alpha value is -1.76. The van der Waals surface area contributed by atoms with Crippen LogP contribution < -0.4 is 10.6 Å². The van der Waals surface area contributed by atoms with Crippen LogP contribution in [0, 0.1) is 0 Å². The van der Waals surface area contributed by atoms with Gasteiger partial charge in [-0.1, -0.05) is 0 Å². The van der Waals surface area contributed by atoms with Gasteiger partial charge in [0, 0.05) is 24.7 Å². The first-order valence-electron chi connectivity index (χ1n) is 8.73. The highest BCUT2D eigenvalue weighted by atomic mass is 19.4. The molecule has 1 amide bonds. The smallest absolute Gasteiger partial charge is 0.393 e. The van der Waals surface area contributed by atoms with E-state index in [0.717, 1.165) is 50.7 Å². The largest absolute Gasteiger partial charge is 0.416 e. The number of rotatable bonds is 7. The summed E-state index contributed by atoms with van der Waals surface area (Å²) >= 11 is 0. The maximum absolute atomic E-state index is 12.5. The quantitative estimate of drug-likeness (QED) is 0.651. The van der Waals surface area contributed by atoms with E-state index < -0.39 is 11.7 Å². The van der Waals surface area contributed by atoms with E-state index in [2.05, 4.69) is 10.6 Å². The van der Waals surface area contributed by atoms with Gasteiger partial charge in [-0.3, -0.25) is 4.79 Å². The Labute approximate surface area is 145 Å². The molecule has 2 rings (SSSR count). The average molecular weight is 358 g/mol. The number of hydrogen-bond acceptors (Lipinski definition) is 3. The van der Waals surface area contributed by atoms with E-state index in [4.69, 9.17) is 0 Å². The van der Waals surface area contributed by atoms with Gasteiger partial charge in [-0.05, 0) is 62.8 Å². The maximum atomic E-state index is 12.5. The number of anilines is 1. The van der Waals surface area contributed by atoms with Crippen molar-refractivity contribution in [2.45, 2.75) is 63.3 Å². The lowest BCUT2D eigenvalue weighted by molar-refractivity contribution is -0.137. The second-order valence-corrected chi connectivity index (χ2v) is 6.53. The lowest BCUT2D eigenvalue weighted by atomic mass is 9.93. The summed E-state index contributed by atoms with van der Waals surface area (Å²) < 4.78 is 37.4. The number of unbranched alkanes of at least 4 members (excludes halogenated alkanes) is 1. The standard InChI is InChI=1S/C18H25F3N2O2/c19-18(20,21)13-4-6-14(7-5-13)22-12-2-1-3-17(25)23-15-8-10-16(24)11-9-15/h4-7,15-16,22,24H,1-3,8-12H2,(H,23,25). The predicted octanol–water partition coefficient (Wildman–Crippen LogP) is 3.71. The Balaban J connectivity index is 1.57. The molecule has 0 saturated heterocycles. The van der Waals surface area contributed by atoms with Gasteiger partial charge < -0.3 is 15.7 Å². The second-order valence-electron chi connectivity index (χ2n) is 6.53. The van der Waals surface area contributed by atoms with Crippen LogP contribution in [0.25, 0.3) is 0 Å². The van der Waals surface area contributed by atoms with Gasteiger partial charge in [0.1, 0.15) is 0 Å². The van der Waals surface area contributed by atoms with Crippen LogP contribution in [-0.2, 0) is 11.0 Å². The minimum Gasteiger partial charge on any atom is -0.393 e. The van der Waals surface area contributed by atoms with Crippen molar-refractivity contribution < 1.29 is 23.1 Å². The molecule has 4 nitrogen and oxygen atoms in total. The van der Waals surface area contributed by atoms with E-state index >= 15 is 0 Å². The molecule has 1 fully saturated rings. The van der Waals surface area contributed by atoms with E-state index in [-0.39, 0.29) is 18.1 Å². The van der Waals surface area contributed by atoms with Crippen molar-refractivity contribution in [3.63, 3.8) is 0 Å². The molecule has 0 heterocycles. The van der Waals surface area contributed by atoms with E-state index in [1.807, 2.05) is 0 Å². The second kappa shape index (κ2) is 9.08. The zero-order valence-electron chi connectivity index (χ0n) is 14.1. The van der Waals surface area contributed by atoms with Crippen LogP contribution in [0.1, 0.15) is 50.5 Å². The molecule has 0 bridgehead atoms. The molecule has 1 saturated carbocycles. The number of alkyl halides is 3. The predicted molar refractivity (Wildman–Crippen MR) is 90.2 cm³/mol. The van der Waals surface area contributed by atoms with Crippen molar-refractivity contribution in [3.05, 3.63) is 29.8 Å². The Bertz CT molecular complexity index is 538. The fraction of sp³-hybridized carbons (Fsp3) is 0.611. The van der Waals surface area contributed by atoms with Gasteiger partial charge in [0.15, 0.2) is 0 Å². The van der Waals surface area contributed by atoms with Gasteiger partial charge in [-0.15, -0.1) is 0 Å². The third-order valence-corrected chi connectivity index (χ3v) is 4.43. The number of amides is 1. The van der Waals surface area contributed by atoms with Crippen molar-refractivity contribution in [2.75, 3.05) is 11.9 Å². The van der Waals surface area contributed by atoms with Gasteiger partial charge in [-0.2, -0.15) is 13.2 Å². The first kappa shape index (κ1) is 19.6. The van der Waals surface area contributed by atoms with Crippen molar-refractivity contribution >= 4 is 11.6 Å². The molecule has 1 aromatic rings. The van der Waals surface area contributed by atoms with Crippen molar-refractivity contribution in [3.8, 4) is 0 Å². The summed E-state index contributed by atoms with van der Waals surface area (Å²) in [5.74, 6) is 0.0240. The molecule has 0 unspecified atom stereocenters. The zero-order chi connectivity index (χ0) is 18.3. The van der Waals surface area contributed by atoms with Crippen LogP contribution in [0.4, 0.5) is 18.9 Å². The van der Waals surface area contributed by atoms with Gasteiger partial charge in [0.2, 0.25) is 5.91 Å². The van der Waals surface area contributed by atoms with Crippen molar-refractivity contribution in [2.24, 2.45) is 0 Å². The molecule has 25 heavy (non-hydrogen) atoms. The van der Waals surface area contributed by atoms with E-state index in [1.54, 1.807) is 0 Å². The van der Waals surface area contributed by atoms with Crippen molar-refractivity contribution in [1.29, 1.82) is 0 Å². The summed E-state index contributed by atoms with van der Waals surface area (Å²) in [6.07, 6.45) is 0.488. The summed E-state index contributed by atoms with van der Waals surface area (Å²) in [5, 5.41) is 15.5. The van der Waals surface area contributed by atoms with Gasteiger partial charge in [0.25, 0.3) is 0 Å². The fourth-order valence-corrected chi connectivity index (χ4v) is 2.94. The Kier molecular flexibility index (Phi) is 7.11. The summed E-state index contributed by atoms with van der Waals surface area (Å²) in [4.78, 5) is 11.9. The number of nitrogens with one attached hydrogen (secondary N) is 2. The number of benzene rings is 1. The molecular formula is C18H25F3N2O2. The summed E-state index contributed by atoms with van der Waals surface area (Å²) in [7, 11) is 0. The van der Waals surface area contributed by atoms with Gasteiger partial charge in [-0.25, -0.2) is 0 Å². The van der Waals surface area contributed by atoms with E-state index in [9.17, 15) is 23.1 Å². The molecule has 1 aliphatic carbocycles. The number of aliphatic hydroxyl groups excluding tert-OH is 1. The third-order valence-electron chi connectivity index (χ3n) is 4.43. The molecule has 1 aliphatic rings. The minimum atomic E-state index is -4.32. The first-order valence-corrected chi connectivity index (χ1v) is 8.73. The molecule has 0 spiro atoms. The number of carbonyl (C=O) groups excluding carboxylic acids is 1. The number of carbonyl (C=O) groups is 1. The van der Waals surface area contributed by atoms with Crippen LogP contribution in [0.5, 0.6) is 0 Å². The molecule has 1 aromatic carbocycles. The third kappa shape index (κ3) is 6.94. The average Bonchev–Trinajstić information content (AvgIpc) is 2.56. The fourth-order valence-electron chi connectivity index (χ4n) is 2.94. The molecule has 0 aliphatic heterocycles. The monoisotopic (exact) mass is 358 g/mol. The highest BCUT2D eigenvalue weighted by molar-refractivity contribution is 5.76. The van der Waals surface area contributed by atoms with Crippen molar-refractivity contribution in [1.82, 2.24) is 5.32 Å². The van der Waals surface area contributed by atoms with Crippen LogP contribution in [0.2, 0.25) is 0 Å². The lowest BCUT2D eigenvalue weighted by Crippen LogP contribution is -2.38. The molecule has 140 valence electrons. The van der Waals surface area contributed by atoms with Gasteiger partial charge >= 0.3 is 6.18 Å². The minimum absolute atomic E-state index is 0.0240. The Morgan fingerprint density at radius 2 is 1.72 bits per heavy atom. The summed E-state index contributed by atoms with van der Waals surface area (Å²) in [6, 6.07) is 5.09. The highest BCUT2D eigenvalue weighted by Crippen LogP contribution is 2.29. The molecule has 0 atom stereocenters. The first-order chi connectivity index (χ1) is 11.8. The Morgan fingerprint density at radius 1 is 1.08 bits per heavy atom. The molecular weight excluding hydrogens is 333 g/mol. The number of halogens is 3. The lowest BCUT2D eigenvalue weighted by Gasteiger charge is -2.26. The van der Waals surface area contributed by atoms with E-state index in [1.165, 1.54) is 12.1 Å². The molecule has 7 heteroatoms. The SMILES string of the molecule is O=C(CCCCNc1ccc(C(F)(F)F)cc1)NC1CCC(O)CC1. The van der Waals surface area contributed by atoms with Crippen LogP contribution in [0.3, 0.4) is 0 Å². The van der Waals surface area contributed by atoms with Crippen LogP contribution >= 0.6 is 0 Å². The maximum Gasteiger partial charge on any atom is 0.416 e. The zero-order valence-corrected chi connectivity index (χ0v) is 14.1. The number of hydrogen-bond donors (Lipinski definition) is 3. The molecule has 0 aromatic heterocycles. The number of aliphatic hydroxyl groups is 1. The highest BCUT2D eigenvalue weighted by Gasteiger charge is 2.29. The van der Waals surface area contributed by atoms with E-state index in [0.29, 0.717) is 18.7 Å². The van der Waals surface area contributed by atoms with Crippen LogP contribution in [-0.4, -0.2) is 29.7 Å². The summed E-state index contributed by atoms with van der Waals surface area (Å²) in [6.45, 7) is 0.605. The summed E-state index contributed by atoms with van der Waals surface area (Å²) in [5.41, 5.74) is -0.0248. The molecule has 0 radical (unpaired) electrons. The Morgan fingerprint density at radius 3 is 2.32 bits per heavy atom. The van der Waals surface area contributed by atoms with Gasteiger partial charge in [0.05, 0.1) is 11.7 Å². The molecule has 3 N–H and O–H groups in total. The normalized spacial score (nSPS) is 21.0. The topological polar surface area (TPSA) is 61.4 Å². The van der Waals surface area contributed by atoms with Crippen LogP contribution in [0.15, 0.2) is 24.3 Å².